The minimum atomic E-state index is 0.292. The monoisotopic (exact) mass is 233 g/mol. The molecular weight excluding hydrogens is 210 g/mol. The fourth-order valence-electron chi connectivity index (χ4n) is 2.56. The highest BCUT2D eigenvalue weighted by Crippen LogP contribution is 2.35. The Morgan fingerprint density at radius 3 is 2.94 bits per heavy atom. The lowest BCUT2D eigenvalue weighted by atomic mass is 9.92. The SMILES string of the molecule is CCCNCC1CCOC1c1ccccc1C. The number of rotatable bonds is 5. The Labute approximate surface area is 104 Å². The van der Waals surface area contributed by atoms with Crippen LogP contribution in [0, 0.1) is 12.8 Å². The highest BCUT2D eigenvalue weighted by atomic mass is 16.5. The molecule has 0 radical (unpaired) electrons. The van der Waals surface area contributed by atoms with E-state index < -0.39 is 0 Å². The highest BCUT2D eigenvalue weighted by molar-refractivity contribution is 5.28. The molecule has 1 aromatic rings. The van der Waals surface area contributed by atoms with Crippen LogP contribution in [0.15, 0.2) is 24.3 Å². The van der Waals surface area contributed by atoms with Crippen LogP contribution in [0.25, 0.3) is 0 Å². The number of ether oxygens (including phenoxy) is 1. The highest BCUT2D eigenvalue weighted by Gasteiger charge is 2.29. The van der Waals surface area contributed by atoms with Crippen LogP contribution in [0.5, 0.6) is 0 Å². The summed E-state index contributed by atoms with van der Waals surface area (Å²) < 4.78 is 5.92. The molecule has 1 saturated heterocycles. The molecule has 94 valence electrons. The Hall–Kier alpha value is -0.860. The Morgan fingerprint density at radius 2 is 2.18 bits per heavy atom. The average Bonchev–Trinajstić information content (AvgIpc) is 2.78. The molecule has 1 aromatic carbocycles. The van der Waals surface area contributed by atoms with Crippen molar-refractivity contribution < 1.29 is 4.74 Å². The summed E-state index contributed by atoms with van der Waals surface area (Å²) >= 11 is 0. The van der Waals surface area contributed by atoms with Crippen molar-refractivity contribution >= 4 is 0 Å². The lowest BCUT2D eigenvalue weighted by molar-refractivity contribution is 0.0901. The first-order valence-corrected chi connectivity index (χ1v) is 6.70. The maximum atomic E-state index is 5.92. The van der Waals surface area contributed by atoms with Gasteiger partial charge in [-0.1, -0.05) is 31.2 Å². The fraction of sp³-hybridized carbons (Fsp3) is 0.600. The summed E-state index contributed by atoms with van der Waals surface area (Å²) in [4.78, 5) is 0. The molecule has 0 aliphatic carbocycles. The molecule has 0 aromatic heterocycles. The third kappa shape index (κ3) is 3.08. The number of aryl methyl sites for hydroxylation is 1. The molecule has 1 aliphatic heterocycles. The molecule has 0 saturated carbocycles. The van der Waals surface area contributed by atoms with Gasteiger partial charge in [-0.2, -0.15) is 0 Å². The van der Waals surface area contributed by atoms with Crippen LogP contribution in [0.2, 0.25) is 0 Å². The van der Waals surface area contributed by atoms with Gasteiger partial charge in [0, 0.05) is 19.1 Å². The normalized spacial score (nSPS) is 24.1. The smallest absolute Gasteiger partial charge is 0.0868 e. The van der Waals surface area contributed by atoms with E-state index in [0.29, 0.717) is 12.0 Å². The van der Waals surface area contributed by atoms with Gasteiger partial charge in [0.1, 0.15) is 0 Å². The second kappa shape index (κ2) is 6.18. The largest absolute Gasteiger partial charge is 0.373 e. The van der Waals surface area contributed by atoms with Crippen LogP contribution in [-0.4, -0.2) is 19.7 Å². The van der Waals surface area contributed by atoms with Gasteiger partial charge in [-0.15, -0.1) is 0 Å². The first-order chi connectivity index (χ1) is 8.33. The Morgan fingerprint density at radius 1 is 1.35 bits per heavy atom. The zero-order valence-corrected chi connectivity index (χ0v) is 10.9. The second-order valence-corrected chi connectivity index (χ2v) is 4.90. The third-order valence-electron chi connectivity index (χ3n) is 3.54. The first-order valence-electron chi connectivity index (χ1n) is 6.70. The van der Waals surface area contributed by atoms with Gasteiger partial charge in [0.25, 0.3) is 0 Å². The third-order valence-corrected chi connectivity index (χ3v) is 3.54. The lowest BCUT2D eigenvalue weighted by Gasteiger charge is -2.21. The summed E-state index contributed by atoms with van der Waals surface area (Å²) in [5.74, 6) is 0.627. The topological polar surface area (TPSA) is 21.3 Å². The van der Waals surface area contributed by atoms with Gasteiger partial charge in [-0.25, -0.2) is 0 Å². The number of nitrogens with one attached hydrogen (secondary N) is 1. The number of hydrogen-bond donors (Lipinski definition) is 1. The van der Waals surface area contributed by atoms with Crippen LogP contribution in [0.1, 0.15) is 37.0 Å². The van der Waals surface area contributed by atoms with E-state index in [0.717, 1.165) is 19.7 Å². The van der Waals surface area contributed by atoms with Gasteiger partial charge in [-0.3, -0.25) is 0 Å². The van der Waals surface area contributed by atoms with Crippen LogP contribution < -0.4 is 5.32 Å². The second-order valence-electron chi connectivity index (χ2n) is 4.90. The van der Waals surface area contributed by atoms with E-state index in [1.807, 2.05) is 0 Å². The molecule has 17 heavy (non-hydrogen) atoms. The summed E-state index contributed by atoms with van der Waals surface area (Å²) in [6.45, 7) is 7.46. The lowest BCUT2D eigenvalue weighted by Crippen LogP contribution is -2.25. The molecule has 1 aliphatic rings. The summed E-state index contributed by atoms with van der Waals surface area (Å²) in [5, 5.41) is 3.52. The van der Waals surface area contributed by atoms with Gasteiger partial charge in [-0.05, 0) is 37.4 Å². The van der Waals surface area contributed by atoms with Crippen molar-refractivity contribution in [2.45, 2.75) is 32.8 Å². The number of hydrogen-bond acceptors (Lipinski definition) is 2. The maximum Gasteiger partial charge on any atom is 0.0868 e. The van der Waals surface area contributed by atoms with Gasteiger partial charge in [0.05, 0.1) is 6.10 Å². The van der Waals surface area contributed by atoms with Crippen molar-refractivity contribution in [2.24, 2.45) is 5.92 Å². The molecule has 2 atom stereocenters. The Bertz CT molecular complexity index is 351. The minimum Gasteiger partial charge on any atom is -0.373 e. The molecular formula is C15H23NO. The van der Waals surface area contributed by atoms with E-state index in [2.05, 4.69) is 43.4 Å². The van der Waals surface area contributed by atoms with Gasteiger partial charge in [0.2, 0.25) is 0 Å². The predicted molar refractivity (Wildman–Crippen MR) is 71.1 cm³/mol. The van der Waals surface area contributed by atoms with Crippen molar-refractivity contribution in [2.75, 3.05) is 19.7 Å². The van der Waals surface area contributed by atoms with Crippen LogP contribution in [-0.2, 0) is 4.74 Å². The van der Waals surface area contributed by atoms with Gasteiger partial charge < -0.3 is 10.1 Å². The van der Waals surface area contributed by atoms with E-state index in [1.165, 1.54) is 24.0 Å². The zero-order valence-electron chi connectivity index (χ0n) is 10.9. The van der Waals surface area contributed by atoms with Gasteiger partial charge >= 0.3 is 0 Å². The summed E-state index contributed by atoms with van der Waals surface area (Å²) in [6, 6.07) is 8.59. The summed E-state index contributed by atoms with van der Waals surface area (Å²) in [6.07, 6.45) is 2.67. The molecule has 0 amide bonds. The molecule has 2 nitrogen and oxygen atoms in total. The Kier molecular flexibility index (Phi) is 4.57. The van der Waals surface area contributed by atoms with E-state index in [-0.39, 0.29) is 0 Å². The molecule has 1 N–H and O–H groups in total. The van der Waals surface area contributed by atoms with Crippen LogP contribution in [0.3, 0.4) is 0 Å². The van der Waals surface area contributed by atoms with Gasteiger partial charge in [0.15, 0.2) is 0 Å². The molecule has 0 bridgehead atoms. The standard InChI is InChI=1S/C15H23NO/c1-3-9-16-11-13-8-10-17-15(13)14-7-5-4-6-12(14)2/h4-7,13,15-16H,3,8-11H2,1-2H3. The molecule has 2 heteroatoms. The van der Waals surface area contributed by atoms with Crippen LogP contribution in [0.4, 0.5) is 0 Å². The quantitative estimate of drug-likeness (QED) is 0.789. The number of benzene rings is 1. The minimum absolute atomic E-state index is 0.292. The van der Waals surface area contributed by atoms with E-state index in [1.54, 1.807) is 0 Å². The molecule has 2 rings (SSSR count). The Balaban J connectivity index is 2.02. The van der Waals surface area contributed by atoms with Crippen molar-refractivity contribution in [3.05, 3.63) is 35.4 Å². The zero-order chi connectivity index (χ0) is 12.1. The molecule has 0 spiro atoms. The van der Waals surface area contributed by atoms with Crippen molar-refractivity contribution in [1.82, 2.24) is 5.32 Å². The van der Waals surface area contributed by atoms with E-state index >= 15 is 0 Å². The van der Waals surface area contributed by atoms with E-state index in [9.17, 15) is 0 Å². The molecule has 1 fully saturated rings. The molecule has 1 heterocycles. The van der Waals surface area contributed by atoms with Crippen molar-refractivity contribution in [1.29, 1.82) is 0 Å². The average molecular weight is 233 g/mol. The first kappa shape index (κ1) is 12.6. The van der Waals surface area contributed by atoms with E-state index in [4.69, 9.17) is 4.74 Å². The summed E-state index contributed by atoms with van der Waals surface area (Å²) in [5.41, 5.74) is 2.72. The molecule has 2 unspecified atom stereocenters. The van der Waals surface area contributed by atoms with Crippen molar-refractivity contribution in [3.8, 4) is 0 Å². The maximum absolute atomic E-state index is 5.92. The summed E-state index contributed by atoms with van der Waals surface area (Å²) in [7, 11) is 0. The predicted octanol–water partition coefficient (Wildman–Crippen LogP) is 3.07. The van der Waals surface area contributed by atoms with Crippen LogP contribution >= 0.6 is 0 Å². The van der Waals surface area contributed by atoms with Crippen molar-refractivity contribution in [3.63, 3.8) is 0 Å². The fourth-order valence-corrected chi connectivity index (χ4v) is 2.56.